The van der Waals surface area contributed by atoms with Gasteiger partial charge in [0.15, 0.2) is 0 Å². The second-order valence-electron chi connectivity index (χ2n) is 10.2. The van der Waals surface area contributed by atoms with Crippen molar-refractivity contribution in [2.24, 2.45) is 5.92 Å². The maximum Gasteiger partial charge on any atom is 0.255 e. The Labute approximate surface area is 230 Å². The van der Waals surface area contributed by atoms with Crippen LogP contribution in [0.1, 0.15) is 62.4 Å². The van der Waals surface area contributed by atoms with E-state index in [9.17, 15) is 19.2 Å². The number of benzene rings is 2. The first-order chi connectivity index (χ1) is 18.8. The maximum atomic E-state index is 13.6. The molecule has 39 heavy (non-hydrogen) atoms. The topological polar surface area (TPSA) is 117 Å². The van der Waals surface area contributed by atoms with Crippen LogP contribution in [0.4, 0.5) is 0 Å². The third-order valence-electron chi connectivity index (χ3n) is 6.51. The lowest BCUT2D eigenvalue weighted by Crippen LogP contribution is -2.53. The highest BCUT2D eigenvalue weighted by Crippen LogP contribution is 2.19. The fraction of sp³-hybridized carbons (Fsp3) is 0.467. The van der Waals surface area contributed by atoms with Gasteiger partial charge in [-0.3, -0.25) is 19.2 Å². The number of para-hydroxylation sites is 1. The van der Waals surface area contributed by atoms with Gasteiger partial charge >= 0.3 is 0 Å². The van der Waals surface area contributed by atoms with Gasteiger partial charge in [0.25, 0.3) is 5.91 Å². The highest BCUT2D eigenvalue weighted by molar-refractivity contribution is 6.01. The highest BCUT2D eigenvalue weighted by Gasteiger charge is 2.31. The minimum absolute atomic E-state index is 0.152. The molecule has 3 rings (SSSR count). The van der Waals surface area contributed by atoms with Crippen molar-refractivity contribution >= 4 is 23.6 Å². The molecule has 0 bridgehead atoms. The largest absolute Gasteiger partial charge is 0.491 e. The Morgan fingerprint density at radius 3 is 2.49 bits per heavy atom. The zero-order valence-electron chi connectivity index (χ0n) is 23.1. The number of rotatable bonds is 8. The van der Waals surface area contributed by atoms with Gasteiger partial charge < -0.3 is 25.6 Å². The number of fused-ring (bicyclic) bond motifs is 1. The van der Waals surface area contributed by atoms with E-state index in [-0.39, 0.29) is 37.0 Å². The second-order valence-corrected chi connectivity index (χ2v) is 10.2. The monoisotopic (exact) mass is 536 g/mol. The van der Waals surface area contributed by atoms with E-state index in [0.29, 0.717) is 25.3 Å². The predicted molar refractivity (Wildman–Crippen MR) is 149 cm³/mol. The van der Waals surface area contributed by atoms with Gasteiger partial charge in [0.05, 0.1) is 18.5 Å². The molecule has 0 saturated heterocycles. The summed E-state index contributed by atoms with van der Waals surface area (Å²) in [6.07, 6.45) is 1.87. The summed E-state index contributed by atoms with van der Waals surface area (Å²) in [5.74, 6) is -1.17. The third kappa shape index (κ3) is 9.12. The summed E-state index contributed by atoms with van der Waals surface area (Å²) in [4.78, 5) is 55.0. The van der Waals surface area contributed by atoms with Gasteiger partial charge in [-0.2, -0.15) is 0 Å². The number of ether oxygens (including phenoxy) is 1. The summed E-state index contributed by atoms with van der Waals surface area (Å²) >= 11 is 0. The molecule has 0 spiro atoms. The van der Waals surface area contributed by atoms with Gasteiger partial charge in [-0.15, -0.1) is 0 Å². The van der Waals surface area contributed by atoms with Crippen molar-refractivity contribution in [2.75, 3.05) is 19.7 Å². The van der Waals surface area contributed by atoms with Crippen LogP contribution in [0.3, 0.4) is 0 Å². The Hall–Kier alpha value is -3.88. The van der Waals surface area contributed by atoms with Crippen LogP contribution in [-0.4, -0.2) is 60.3 Å². The lowest BCUT2D eigenvalue weighted by molar-refractivity contribution is -0.137. The molecular weight excluding hydrogens is 496 g/mol. The van der Waals surface area contributed by atoms with Crippen LogP contribution in [0.25, 0.3) is 0 Å². The van der Waals surface area contributed by atoms with Crippen molar-refractivity contribution in [1.82, 2.24) is 20.9 Å². The molecule has 0 fully saturated rings. The standard InChI is InChI=1S/C30H40N4O5/c1-4-5-15-34-16-17-39-26-14-10-9-13-23(26)28(36)33-24(29(37)31-20-22-11-7-6-8-12-22)19-27(35)32-25(30(34)38)18-21(2)3/h6-14,21,24-25H,4-5,15-20H2,1-3H3,(H,31,37)(H,32,35)(H,33,36)/t24-,25-/m0/s1. The zero-order valence-corrected chi connectivity index (χ0v) is 23.1. The maximum absolute atomic E-state index is 13.6. The molecule has 210 valence electrons. The minimum atomic E-state index is -1.15. The van der Waals surface area contributed by atoms with E-state index in [2.05, 4.69) is 22.9 Å². The van der Waals surface area contributed by atoms with Gasteiger partial charge in [0.2, 0.25) is 17.7 Å². The van der Waals surface area contributed by atoms with Crippen molar-refractivity contribution in [1.29, 1.82) is 0 Å². The van der Waals surface area contributed by atoms with Gasteiger partial charge in [0.1, 0.15) is 24.4 Å². The fourth-order valence-electron chi connectivity index (χ4n) is 4.43. The van der Waals surface area contributed by atoms with Crippen LogP contribution in [0.2, 0.25) is 0 Å². The molecule has 2 aromatic carbocycles. The molecule has 2 aromatic rings. The van der Waals surface area contributed by atoms with E-state index in [1.165, 1.54) is 0 Å². The summed E-state index contributed by atoms with van der Waals surface area (Å²) in [6, 6.07) is 14.2. The fourth-order valence-corrected chi connectivity index (χ4v) is 4.43. The van der Waals surface area contributed by atoms with E-state index in [0.717, 1.165) is 18.4 Å². The first kappa shape index (κ1) is 29.7. The molecule has 1 aliphatic rings. The average molecular weight is 537 g/mol. The zero-order chi connectivity index (χ0) is 28.2. The Bertz CT molecular complexity index is 1120. The predicted octanol–water partition coefficient (Wildman–Crippen LogP) is 3.04. The van der Waals surface area contributed by atoms with Crippen LogP contribution in [0.15, 0.2) is 54.6 Å². The molecule has 0 aromatic heterocycles. The smallest absolute Gasteiger partial charge is 0.255 e. The van der Waals surface area contributed by atoms with E-state index >= 15 is 0 Å². The second kappa shape index (κ2) is 14.9. The average Bonchev–Trinajstić information content (AvgIpc) is 2.92. The molecule has 4 amide bonds. The van der Waals surface area contributed by atoms with E-state index in [4.69, 9.17) is 4.74 Å². The molecule has 1 heterocycles. The number of nitrogens with one attached hydrogen (secondary N) is 3. The van der Waals surface area contributed by atoms with Crippen molar-refractivity contribution < 1.29 is 23.9 Å². The van der Waals surface area contributed by atoms with E-state index < -0.39 is 29.8 Å². The molecule has 0 radical (unpaired) electrons. The minimum Gasteiger partial charge on any atom is -0.491 e. The third-order valence-corrected chi connectivity index (χ3v) is 6.51. The van der Waals surface area contributed by atoms with Crippen LogP contribution in [-0.2, 0) is 20.9 Å². The van der Waals surface area contributed by atoms with Crippen LogP contribution >= 0.6 is 0 Å². The van der Waals surface area contributed by atoms with Crippen LogP contribution in [0.5, 0.6) is 5.75 Å². The van der Waals surface area contributed by atoms with Gasteiger partial charge in [-0.05, 0) is 36.5 Å². The molecule has 0 saturated carbocycles. The lowest BCUT2D eigenvalue weighted by atomic mass is 10.0. The van der Waals surface area contributed by atoms with Gasteiger partial charge in [0, 0.05) is 13.1 Å². The van der Waals surface area contributed by atoms with E-state index in [1.807, 2.05) is 44.2 Å². The van der Waals surface area contributed by atoms with Crippen molar-refractivity contribution in [3.8, 4) is 5.75 Å². The molecule has 0 aliphatic carbocycles. The Kier molecular flexibility index (Phi) is 11.3. The number of hydrogen-bond acceptors (Lipinski definition) is 5. The Morgan fingerprint density at radius 1 is 1.05 bits per heavy atom. The van der Waals surface area contributed by atoms with Crippen molar-refractivity contribution in [3.05, 3.63) is 65.7 Å². The molecule has 0 unspecified atom stereocenters. The summed E-state index contributed by atoms with van der Waals surface area (Å²) < 4.78 is 5.96. The molecular formula is C30H40N4O5. The number of amides is 4. The van der Waals surface area contributed by atoms with Crippen LogP contribution in [0, 0.1) is 5.92 Å². The summed E-state index contributed by atoms with van der Waals surface area (Å²) in [6.45, 7) is 7.32. The van der Waals surface area contributed by atoms with Gasteiger partial charge in [-0.25, -0.2) is 0 Å². The lowest BCUT2D eigenvalue weighted by Gasteiger charge is -2.30. The summed E-state index contributed by atoms with van der Waals surface area (Å²) in [5.41, 5.74) is 1.14. The molecule has 1 aliphatic heterocycles. The number of nitrogens with zero attached hydrogens (tertiary/aromatic N) is 1. The normalized spacial score (nSPS) is 18.9. The van der Waals surface area contributed by atoms with Crippen molar-refractivity contribution in [2.45, 2.75) is 65.1 Å². The molecule has 2 atom stereocenters. The first-order valence-electron chi connectivity index (χ1n) is 13.7. The molecule has 9 nitrogen and oxygen atoms in total. The number of carbonyl (C=O) groups is 4. The van der Waals surface area contributed by atoms with Crippen LogP contribution < -0.4 is 20.7 Å². The van der Waals surface area contributed by atoms with Crippen molar-refractivity contribution in [3.63, 3.8) is 0 Å². The Morgan fingerprint density at radius 2 is 1.77 bits per heavy atom. The number of carbonyl (C=O) groups excluding carboxylic acids is 4. The van der Waals surface area contributed by atoms with E-state index in [1.54, 1.807) is 29.2 Å². The number of unbranched alkanes of at least 4 members (excludes halogenated alkanes) is 1. The summed E-state index contributed by atoms with van der Waals surface area (Å²) in [7, 11) is 0. The summed E-state index contributed by atoms with van der Waals surface area (Å²) in [5, 5.41) is 8.37. The SMILES string of the molecule is CCCCN1CCOc2ccccc2C(=O)N[C@H](C(=O)NCc2ccccc2)CC(=O)N[C@@H](CC(C)C)C1=O. The quantitative estimate of drug-likeness (QED) is 0.480. The molecule has 9 heteroatoms. The highest BCUT2D eigenvalue weighted by atomic mass is 16.5. The Balaban J connectivity index is 1.89. The molecule has 3 N–H and O–H groups in total. The number of hydrogen-bond donors (Lipinski definition) is 3. The first-order valence-corrected chi connectivity index (χ1v) is 13.7. The van der Waals surface area contributed by atoms with Gasteiger partial charge in [-0.1, -0.05) is 69.7 Å².